The zero-order valence-electron chi connectivity index (χ0n) is 14.9. The molecule has 2 atom stereocenters. The van der Waals surface area contributed by atoms with Crippen molar-refractivity contribution in [3.8, 4) is 5.88 Å². The molecule has 8 heteroatoms. The predicted molar refractivity (Wildman–Crippen MR) is 93.9 cm³/mol. The van der Waals surface area contributed by atoms with Crippen LogP contribution in [-0.4, -0.2) is 54.6 Å². The highest BCUT2D eigenvalue weighted by molar-refractivity contribution is 6.39. The van der Waals surface area contributed by atoms with Gasteiger partial charge in [-0.05, 0) is 25.3 Å². The molecule has 2 fully saturated rings. The fraction of sp³-hybridized carbons (Fsp3) is 0.611. The van der Waals surface area contributed by atoms with Crippen LogP contribution in [0, 0.1) is 0 Å². The van der Waals surface area contributed by atoms with Crippen LogP contribution in [0.2, 0.25) is 0 Å². The third-order valence-corrected chi connectivity index (χ3v) is 5.09. The molecule has 2 unspecified atom stereocenters. The normalized spacial score (nSPS) is 27.7. The molecule has 1 saturated carbocycles. The maximum absolute atomic E-state index is 12.3. The van der Waals surface area contributed by atoms with Crippen LogP contribution in [0.25, 0.3) is 0 Å². The van der Waals surface area contributed by atoms with Crippen molar-refractivity contribution in [2.75, 3.05) is 20.3 Å². The highest BCUT2D eigenvalue weighted by Crippen LogP contribution is 2.33. The van der Waals surface area contributed by atoms with Crippen LogP contribution in [-0.2, 0) is 20.9 Å². The van der Waals surface area contributed by atoms with E-state index in [4.69, 9.17) is 14.3 Å². The summed E-state index contributed by atoms with van der Waals surface area (Å²) in [5.74, 6) is 0.483. The number of ether oxygens (including phenoxy) is 2. The van der Waals surface area contributed by atoms with Crippen LogP contribution >= 0.6 is 0 Å². The third kappa shape index (κ3) is 3.52. The van der Waals surface area contributed by atoms with E-state index in [2.05, 4.69) is 20.8 Å². The Balaban J connectivity index is 1.41. The molecule has 1 amide bonds. The Kier molecular flexibility index (Phi) is 4.78. The molecular formula is C18H24N4O4. The second-order valence-corrected chi connectivity index (χ2v) is 7.07. The van der Waals surface area contributed by atoms with Crippen LogP contribution in [0.5, 0.6) is 5.88 Å². The van der Waals surface area contributed by atoms with Gasteiger partial charge in [0.25, 0.3) is 5.91 Å². The first-order chi connectivity index (χ1) is 12.7. The standard InChI is InChI=1S/C18H24N4O4/c1-24-17-12(3-2-7-19-17)10-20-15-6-8-25-11-18(15)9-14(22-26-18)16(23)21-13-4-5-13/h2-3,7,13,15,20H,4-6,8-11H2,1H3,(H,21,23). The Labute approximate surface area is 152 Å². The summed E-state index contributed by atoms with van der Waals surface area (Å²) in [5.41, 5.74) is 0.791. The van der Waals surface area contributed by atoms with Crippen molar-refractivity contribution in [3.05, 3.63) is 23.9 Å². The van der Waals surface area contributed by atoms with Gasteiger partial charge < -0.3 is 24.9 Å². The maximum Gasteiger partial charge on any atom is 0.269 e. The number of carbonyl (C=O) groups excluding carboxylic acids is 1. The molecule has 140 valence electrons. The van der Waals surface area contributed by atoms with E-state index in [0.717, 1.165) is 24.8 Å². The number of aromatic nitrogens is 1. The van der Waals surface area contributed by atoms with Crippen molar-refractivity contribution in [2.24, 2.45) is 5.16 Å². The van der Waals surface area contributed by atoms with Crippen molar-refractivity contribution >= 4 is 11.6 Å². The predicted octanol–water partition coefficient (Wildman–Crippen LogP) is 0.762. The van der Waals surface area contributed by atoms with E-state index >= 15 is 0 Å². The zero-order chi connectivity index (χ0) is 18.0. The third-order valence-electron chi connectivity index (χ3n) is 5.09. The van der Waals surface area contributed by atoms with Crippen LogP contribution in [0.15, 0.2) is 23.5 Å². The largest absolute Gasteiger partial charge is 0.481 e. The molecule has 4 rings (SSSR count). The van der Waals surface area contributed by atoms with Gasteiger partial charge in [0, 0.05) is 37.4 Å². The van der Waals surface area contributed by atoms with E-state index in [0.29, 0.717) is 43.8 Å². The molecular weight excluding hydrogens is 336 g/mol. The lowest BCUT2D eigenvalue weighted by Gasteiger charge is -2.39. The van der Waals surface area contributed by atoms with Crippen molar-refractivity contribution in [1.29, 1.82) is 0 Å². The van der Waals surface area contributed by atoms with E-state index in [-0.39, 0.29) is 11.9 Å². The highest BCUT2D eigenvalue weighted by atomic mass is 16.7. The number of nitrogens with one attached hydrogen (secondary N) is 2. The molecule has 3 heterocycles. The summed E-state index contributed by atoms with van der Waals surface area (Å²) in [5, 5.41) is 10.6. The van der Waals surface area contributed by atoms with E-state index < -0.39 is 5.60 Å². The summed E-state index contributed by atoms with van der Waals surface area (Å²) in [6.45, 7) is 1.66. The minimum atomic E-state index is -0.635. The van der Waals surface area contributed by atoms with Crippen LogP contribution in [0.1, 0.15) is 31.2 Å². The van der Waals surface area contributed by atoms with E-state index in [1.165, 1.54) is 0 Å². The van der Waals surface area contributed by atoms with Gasteiger partial charge in [-0.3, -0.25) is 4.79 Å². The molecule has 2 N–H and O–H groups in total. The summed E-state index contributed by atoms with van der Waals surface area (Å²) in [4.78, 5) is 22.3. The Morgan fingerprint density at radius 1 is 1.42 bits per heavy atom. The SMILES string of the molecule is COc1ncccc1CNC1CCOCC12CC(C(=O)NC1CC1)=NO2. The number of methoxy groups -OCH3 is 1. The number of pyridine rings is 1. The minimum Gasteiger partial charge on any atom is -0.481 e. The van der Waals surface area contributed by atoms with Gasteiger partial charge >= 0.3 is 0 Å². The zero-order valence-corrected chi connectivity index (χ0v) is 14.9. The fourth-order valence-corrected chi connectivity index (χ4v) is 3.45. The Hall–Kier alpha value is -2.19. The second-order valence-electron chi connectivity index (χ2n) is 7.07. The number of rotatable bonds is 6. The first kappa shape index (κ1) is 17.2. The van der Waals surface area contributed by atoms with Crippen LogP contribution in [0.3, 0.4) is 0 Å². The van der Waals surface area contributed by atoms with Crippen molar-refractivity contribution in [3.63, 3.8) is 0 Å². The average molecular weight is 360 g/mol. The number of oxime groups is 1. The molecule has 2 aliphatic heterocycles. The molecule has 8 nitrogen and oxygen atoms in total. The number of nitrogens with zero attached hydrogens (tertiary/aromatic N) is 2. The minimum absolute atomic E-state index is 0.0242. The molecule has 1 spiro atoms. The summed E-state index contributed by atoms with van der Waals surface area (Å²) < 4.78 is 11.0. The lowest BCUT2D eigenvalue weighted by Crippen LogP contribution is -2.57. The quantitative estimate of drug-likeness (QED) is 0.778. The maximum atomic E-state index is 12.3. The molecule has 3 aliphatic rings. The number of hydrogen-bond acceptors (Lipinski definition) is 7. The lowest BCUT2D eigenvalue weighted by atomic mass is 9.86. The summed E-state index contributed by atoms with van der Waals surface area (Å²) in [7, 11) is 1.61. The first-order valence-corrected chi connectivity index (χ1v) is 9.05. The van der Waals surface area contributed by atoms with Crippen LogP contribution in [0.4, 0.5) is 0 Å². The number of hydrogen-bond donors (Lipinski definition) is 2. The molecule has 1 saturated heterocycles. The van der Waals surface area contributed by atoms with Gasteiger partial charge in [0.1, 0.15) is 5.71 Å². The summed E-state index contributed by atoms with van der Waals surface area (Å²) >= 11 is 0. The Morgan fingerprint density at radius 3 is 3.12 bits per heavy atom. The molecule has 0 radical (unpaired) electrons. The average Bonchev–Trinajstić information content (AvgIpc) is 3.39. The van der Waals surface area contributed by atoms with Crippen LogP contribution < -0.4 is 15.4 Å². The summed E-state index contributed by atoms with van der Waals surface area (Å²) in [6, 6.07) is 4.19. The van der Waals surface area contributed by atoms with Gasteiger partial charge in [-0.25, -0.2) is 4.98 Å². The van der Waals surface area contributed by atoms with Gasteiger partial charge in [-0.1, -0.05) is 11.2 Å². The van der Waals surface area contributed by atoms with Gasteiger partial charge in [-0.15, -0.1) is 0 Å². The number of carbonyl (C=O) groups is 1. The Morgan fingerprint density at radius 2 is 2.31 bits per heavy atom. The topological polar surface area (TPSA) is 94.1 Å². The number of amides is 1. The monoisotopic (exact) mass is 360 g/mol. The first-order valence-electron chi connectivity index (χ1n) is 9.05. The molecule has 0 aromatic carbocycles. The molecule has 1 aromatic rings. The van der Waals surface area contributed by atoms with Crippen molar-refractivity contribution in [2.45, 2.75) is 49.9 Å². The summed E-state index contributed by atoms with van der Waals surface area (Å²) in [6.07, 6.45) is 5.04. The molecule has 1 aliphatic carbocycles. The molecule has 1 aromatic heterocycles. The molecule has 26 heavy (non-hydrogen) atoms. The van der Waals surface area contributed by atoms with Gasteiger partial charge in [0.15, 0.2) is 5.60 Å². The fourth-order valence-electron chi connectivity index (χ4n) is 3.45. The second kappa shape index (κ2) is 7.20. The molecule has 0 bridgehead atoms. The highest BCUT2D eigenvalue weighted by Gasteiger charge is 2.50. The lowest BCUT2D eigenvalue weighted by molar-refractivity contribution is -0.131. The van der Waals surface area contributed by atoms with Crippen molar-refractivity contribution in [1.82, 2.24) is 15.6 Å². The van der Waals surface area contributed by atoms with Crippen molar-refractivity contribution < 1.29 is 19.1 Å². The van der Waals surface area contributed by atoms with Gasteiger partial charge in [-0.2, -0.15) is 0 Å². The van der Waals surface area contributed by atoms with E-state index in [1.54, 1.807) is 13.3 Å². The van der Waals surface area contributed by atoms with Gasteiger partial charge in [0.05, 0.1) is 19.8 Å². The Bertz CT molecular complexity index is 706. The van der Waals surface area contributed by atoms with Gasteiger partial charge in [0.2, 0.25) is 5.88 Å². The van der Waals surface area contributed by atoms with E-state index in [9.17, 15) is 4.79 Å². The van der Waals surface area contributed by atoms with E-state index in [1.807, 2.05) is 12.1 Å². The smallest absolute Gasteiger partial charge is 0.269 e.